The fraction of sp³-hybridized carbons (Fsp3) is 0.179. The number of amides is 1. The van der Waals surface area contributed by atoms with E-state index < -0.39 is 0 Å². The Labute approximate surface area is 239 Å². The second kappa shape index (κ2) is 12.1. The van der Waals surface area contributed by atoms with Crippen LogP contribution in [0.15, 0.2) is 65.3 Å². The molecule has 0 aliphatic carbocycles. The van der Waals surface area contributed by atoms with Gasteiger partial charge in [-0.05, 0) is 53.6 Å². The molecule has 2 aromatic heterocycles. The monoisotopic (exact) mass is 613 g/mol. The predicted octanol–water partition coefficient (Wildman–Crippen LogP) is 6.71. The highest BCUT2D eigenvalue weighted by Gasteiger charge is 2.26. The highest BCUT2D eigenvalue weighted by molar-refractivity contribution is 9.10. The van der Waals surface area contributed by atoms with Gasteiger partial charge in [0, 0.05) is 59.9 Å². The lowest BCUT2D eigenvalue weighted by Crippen LogP contribution is -2.34. The number of benzene rings is 2. The van der Waals surface area contributed by atoms with Gasteiger partial charge in [0.2, 0.25) is 0 Å². The van der Waals surface area contributed by atoms with Crippen LogP contribution in [0.3, 0.4) is 0 Å². The van der Waals surface area contributed by atoms with Gasteiger partial charge in [-0.3, -0.25) is 9.47 Å². The molecule has 0 bridgehead atoms. The van der Waals surface area contributed by atoms with Crippen molar-refractivity contribution < 1.29 is 9.18 Å². The summed E-state index contributed by atoms with van der Waals surface area (Å²) in [4.78, 5) is 19.6. The molecule has 6 nitrogen and oxygen atoms in total. The minimum absolute atomic E-state index is 0. The van der Waals surface area contributed by atoms with Crippen molar-refractivity contribution >= 4 is 62.9 Å². The number of nitrogens with one attached hydrogen (secondary N) is 1. The van der Waals surface area contributed by atoms with Gasteiger partial charge in [-0.2, -0.15) is 5.26 Å². The van der Waals surface area contributed by atoms with Gasteiger partial charge in [-0.15, -0.1) is 12.4 Å². The topological polar surface area (TPSA) is 74.0 Å². The smallest absolute Gasteiger partial charge is 0.326 e. The van der Waals surface area contributed by atoms with E-state index in [4.69, 9.17) is 11.6 Å². The molecule has 5 rings (SSSR count). The maximum Gasteiger partial charge on any atom is 0.326 e. The van der Waals surface area contributed by atoms with Crippen LogP contribution in [0.1, 0.15) is 27.9 Å². The first-order valence-electron chi connectivity index (χ1n) is 11.7. The zero-order valence-electron chi connectivity index (χ0n) is 20.1. The standard InChI is InChI=1S/C28H22BrClFN5O.ClH/c29-21-5-4-20(24(31)14-21)2-1-10-35-11-8-26-23(17-35)22-12-18(15-32)3-6-25(22)36(26)28(37)34-16-19-7-9-33-27(30)13-19;/h1-7,9,12-14H,8,10-11,16-17H2,(H,34,37);1H/b2-1+;. The van der Waals surface area contributed by atoms with Crippen molar-refractivity contribution in [1.29, 1.82) is 5.26 Å². The molecule has 0 unspecified atom stereocenters. The van der Waals surface area contributed by atoms with E-state index in [0.29, 0.717) is 46.8 Å². The summed E-state index contributed by atoms with van der Waals surface area (Å²) in [5.74, 6) is -0.279. The first-order valence-corrected chi connectivity index (χ1v) is 12.9. The molecule has 0 fully saturated rings. The highest BCUT2D eigenvalue weighted by Crippen LogP contribution is 2.32. The molecule has 38 heavy (non-hydrogen) atoms. The second-order valence-corrected chi connectivity index (χ2v) is 10.1. The van der Waals surface area contributed by atoms with E-state index in [1.54, 1.807) is 41.1 Å². The third-order valence-electron chi connectivity index (χ3n) is 6.42. The number of carbonyl (C=O) groups excluding carboxylic acids is 1. The Morgan fingerprint density at radius 2 is 2.08 bits per heavy atom. The lowest BCUT2D eigenvalue weighted by Gasteiger charge is -2.27. The lowest BCUT2D eigenvalue weighted by atomic mass is 10.0. The van der Waals surface area contributed by atoms with Crippen molar-refractivity contribution in [1.82, 2.24) is 19.8 Å². The molecular weight excluding hydrogens is 592 g/mol. The van der Waals surface area contributed by atoms with Crippen LogP contribution < -0.4 is 5.32 Å². The van der Waals surface area contributed by atoms with Crippen LogP contribution in [0.25, 0.3) is 17.0 Å². The molecular formula is C28H23BrCl2FN5O. The molecule has 1 aliphatic rings. The van der Waals surface area contributed by atoms with E-state index in [-0.39, 0.29) is 24.3 Å². The number of hydrogen-bond acceptors (Lipinski definition) is 4. The maximum absolute atomic E-state index is 14.2. The van der Waals surface area contributed by atoms with Gasteiger partial charge >= 0.3 is 6.03 Å². The van der Waals surface area contributed by atoms with Crippen molar-refractivity contribution in [3.05, 3.63) is 104 Å². The van der Waals surface area contributed by atoms with Gasteiger partial charge < -0.3 is 5.32 Å². The molecule has 2 aromatic carbocycles. The third kappa shape index (κ3) is 5.92. The number of aromatic nitrogens is 2. The minimum Gasteiger partial charge on any atom is -0.333 e. The zero-order valence-corrected chi connectivity index (χ0v) is 23.3. The van der Waals surface area contributed by atoms with E-state index in [0.717, 1.165) is 34.3 Å². The zero-order chi connectivity index (χ0) is 25.9. The summed E-state index contributed by atoms with van der Waals surface area (Å²) in [5, 5.41) is 13.7. The Hall–Kier alpha value is -3.22. The third-order valence-corrected chi connectivity index (χ3v) is 7.12. The molecule has 1 N–H and O–H groups in total. The Kier molecular flexibility index (Phi) is 8.85. The molecule has 10 heteroatoms. The number of pyridine rings is 1. The molecule has 0 spiro atoms. The number of nitrogens with zero attached hydrogens (tertiary/aromatic N) is 4. The molecule has 1 aliphatic heterocycles. The number of nitriles is 1. The largest absolute Gasteiger partial charge is 0.333 e. The van der Waals surface area contributed by atoms with Crippen molar-refractivity contribution in [2.75, 3.05) is 13.1 Å². The Morgan fingerprint density at radius 3 is 2.84 bits per heavy atom. The predicted molar refractivity (Wildman–Crippen MR) is 153 cm³/mol. The normalized spacial score (nSPS) is 13.2. The summed E-state index contributed by atoms with van der Waals surface area (Å²) >= 11 is 9.25. The first kappa shape index (κ1) is 27.8. The highest BCUT2D eigenvalue weighted by atomic mass is 79.9. The van der Waals surface area contributed by atoms with Crippen molar-refractivity contribution in [3.8, 4) is 6.07 Å². The molecule has 0 atom stereocenters. The summed E-state index contributed by atoms with van der Waals surface area (Å²) in [7, 11) is 0. The number of halogens is 4. The van der Waals surface area contributed by atoms with E-state index >= 15 is 0 Å². The summed E-state index contributed by atoms with van der Waals surface area (Å²) in [6, 6.07) is 15.9. The lowest BCUT2D eigenvalue weighted by molar-refractivity contribution is 0.240. The SMILES string of the molecule is Cl.N#Cc1ccc2c(c1)c1c(n2C(=O)NCc2ccnc(Cl)c2)CCN(C/C=C/c2ccc(Br)cc2F)C1. The molecule has 0 saturated carbocycles. The van der Waals surface area contributed by atoms with Gasteiger partial charge in [0.1, 0.15) is 11.0 Å². The average molecular weight is 615 g/mol. The summed E-state index contributed by atoms with van der Waals surface area (Å²) in [6.07, 6.45) is 6.01. The van der Waals surface area contributed by atoms with E-state index in [2.05, 4.69) is 37.2 Å². The minimum atomic E-state index is -0.279. The van der Waals surface area contributed by atoms with Gasteiger partial charge in [-0.1, -0.05) is 45.7 Å². The van der Waals surface area contributed by atoms with E-state index in [9.17, 15) is 14.4 Å². The fourth-order valence-corrected chi connectivity index (χ4v) is 5.18. The van der Waals surface area contributed by atoms with Crippen LogP contribution >= 0.6 is 39.9 Å². The summed E-state index contributed by atoms with van der Waals surface area (Å²) in [6.45, 7) is 2.31. The van der Waals surface area contributed by atoms with Crippen LogP contribution in [-0.2, 0) is 19.5 Å². The van der Waals surface area contributed by atoms with Crippen molar-refractivity contribution in [2.45, 2.75) is 19.5 Å². The first-order chi connectivity index (χ1) is 17.9. The van der Waals surface area contributed by atoms with Crippen LogP contribution in [0.4, 0.5) is 9.18 Å². The van der Waals surface area contributed by atoms with Crippen LogP contribution in [0.5, 0.6) is 0 Å². The van der Waals surface area contributed by atoms with Gasteiger partial charge in [0.25, 0.3) is 0 Å². The maximum atomic E-state index is 14.2. The van der Waals surface area contributed by atoms with E-state index in [1.807, 2.05) is 24.3 Å². The quantitative estimate of drug-likeness (QED) is 0.253. The molecule has 0 radical (unpaired) electrons. The average Bonchev–Trinajstić information content (AvgIpc) is 3.21. The summed E-state index contributed by atoms with van der Waals surface area (Å²) in [5.41, 5.74) is 4.66. The van der Waals surface area contributed by atoms with Crippen molar-refractivity contribution in [3.63, 3.8) is 0 Å². The number of fused-ring (bicyclic) bond motifs is 3. The molecule has 1 amide bonds. The Bertz CT molecular complexity index is 1580. The van der Waals surface area contributed by atoms with Crippen LogP contribution in [-0.4, -0.2) is 33.6 Å². The Morgan fingerprint density at radius 1 is 1.24 bits per heavy atom. The molecule has 3 heterocycles. The van der Waals surface area contributed by atoms with Crippen LogP contribution in [0.2, 0.25) is 5.15 Å². The van der Waals surface area contributed by atoms with Gasteiger partial charge in [0.05, 0.1) is 17.1 Å². The van der Waals surface area contributed by atoms with E-state index in [1.165, 1.54) is 6.07 Å². The molecule has 4 aromatic rings. The van der Waals surface area contributed by atoms with Crippen LogP contribution in [0, 0.1) is 17.1 Å². The van der Waals surface area contributed by atoms with Gasteiger partial charge in [-0.25, -0.2) is 14.2 Å². The fourth-order valence-electron chi connectivity index (χ4n) is 4.65. The number of hydrogen-bond donors (Lipinski definition) is 1. The molecule has 194 valence electrons. The summed E-state index contributed by atoms with van der Waals surface area (Å²) < 4.78 is 16.6. The number of rotatable bonds is 5. The number of carbonyl (C=O) groups is 1. The Balaban J connectivity index is 0.00000336. The van der Waals surface area contributed by atoms with Crippen molar-refractivity contribution in [2.24, 2.45) is 0 Å². The molecule has 0 saturated heterocycles. The second-order valence-electron chi connectivity index (χ2n) is 8.80. The van der Waals surface area contributed by atoms with Gasteiger partial charge in [0.15, 0.2) is 0 Å².